The lowest BCUT2D eigenvalue weighted by atomic mass is 9.80. The first-order valence-corrected chi connectivity index (χ1v) is 8.03. The van der Waals surface area contributed by atoms with Gasteiger partial charge in [0.1, 0.15) is 0 Å². The van der Waals surface area contributed by atoms with E-state index in [9.17, 15) is 0 Å². The molecule has 0 unspecified atom stereocenters. The molecule has 2 aromatic rings. The molecule has 100 valence electrons. The van der Waals surface area contributed by atoms with Gasteiger partial charge in [-0.05, 0) is 62.3 Å². The molecular formula is C19H17Br. The van der Waals surface area contributed by atoms with Gasteiger partial charge in [-0.15, -0.1) is 0 Å². The molecule has 0 fully saturated rings. The fourth-order valence-electron chi connectivity index (χ4n) is 3.71. The monoisotopic (exact) mass is 324 g/mol. The van der Waals surface area contributed by atoms with Crippen LogP contribution in [-0.2, 0) is 5.41 Å². The zero-order chi connectivity index (χ0) is 13.9. The Morgan fingerprint density at radius 2 is 1.80 bits per heavy atom. The van der Waals surface area contributed by atoms with Gasteiger partial charge in [0.15, 0.2) is 0 Å². The third-order valence-corrected chi connectivity index (χ3v) is 5.58. The number of benzene rings is 2. The van der Waals surface area contributed by atoms with E-state index < -0.39 is 0 Å². The van der Waals surface area contributed by atoms with Gasteiger partial charge in [-0.25, -0.2) is 0 Å². The minimum atomic E-state index is 0.119. The van der Waals surface area contributed by atoms with Crippen molar-refractivity contribution in [2.75, 3.05) is 0 Å². The molecule has 2 aromatic carbocycles. The average Bonchev–Trinajstić information content (AvgIpc) is 2.69. The van der Waals surface area contributed by atoms with E-state index in [1.54, 1.807) is 0 Å². The van der Waals surface area contributed by atoms with Crippen molar-refractivity contribution in [1.29, 1.82) is 0 Å². The topological polar surface area (TPSA) is 0 Å². The molecule has 0 spiro atoms. The predicted molar refractivity (Wildman–Crippen MR) is 90.0 cm³/mol. The molecular weight excluding hydrogens is 308 g/mol. The second-order valence-electron chi connectivity index (χ2n) is 6.27. The van der Waals surface area contributed by atoms with Crippen LogP contribution in [0, 0.1) is 0 Å². The Morgan fingerprint density at radius 1 is 1.05 bits per heavy atom. The van der Waals surface area contributed by atoms with Crippen molar-refractivity contribution >= 4 is 32.3 Å². The Kier molecular flexibility index (Phi) is 2.53. The van der Waals surface area contributed by atoms with Crippen molar-refractivity contribution in [2.45, 2.75) is 32.1 Å². The molecule has 2 aliphatic rings. The van der Waals surface area contributed by atoms with Gasteiger partial charge in [-0.3, -0.25) is 0 Å². The number of halogens is 1. The maximum absolute atomic E-state index is 3.88. The zero-order valence-electron chi connectivity index (χ0n) is 11.8. The maximum Gasteiger partial charge on any atom is 0.0335 e. The van der Waals surface area contributed by atoms with Crippen molar-refractivity contribution in [3.8, 4) is 0 Å². The summed E-state index contributed by atoms with van der Waals surface area (Å²) in [6.45, 7) is 4.70. The second-order valence-corrected chi connectivity index (χ2v) is 7.07. The number of rotatable bonds is 0. The van der Waals surface area contributed by atoms with Crippen LogP contribution >= 0.6 is 15.9 Å². The first-order chi connectivity index (χ1) is 9.60. The van der Waals surface area contributed by atoms with E-state index in [2.05, 4.69) is 72.3 Å². The minimum absolute atomic E-state index is 0.119. The predicted octanol–water partition coefficient (Wildman–Crippen LogP) is 6.00. The summed E-state index contributed by atoms with van der Waals surface area (Å²) in [6, 6.07) is 11.0. The van der Waals surface area contributed by atoms with Gasteiger partial charge in [0.2, 0.25) is 0 Å². The summed E-state index contributed by atoms with van der Waals surface area (Å²) in [7, 11) is 0. The van der Waals surface area contributed by atoms with Gasteiger partial charge in [-0.1, -0.05) is 50.3 Å². The molecule has 0 aliphatic heterocycles. The normalized spacial score (nSPS) is 19.4. The Morgan fingerprint density at radius 3 is 2.65 bits per heavy atom. The van der Waals surface area contributed by atoms with Crippen LogP contribution < -0.4 is 0 Å². The number of hydrogen-bond donors (Lipinski definition) is 0. The molecule has 2 aliphatic carbocycles. The Labute approximate surface area is 128 Å². The van der Waals surface area contributed by atoms with Gasteiger partial charge in [-0.2, -0.15) is 0 Å². The summed E-state index contributed by atoms with van der Waals surface area (Å²) < 4.78 is 1.26. The average molecular weight is 325 g/mol. The van der Waals surface area contributed by atoms with Crippen molar-refractivity contribution in [2.24, 2.45) is 0 Å². The highest BCUT2D eigenvalue weighted by Crippen LogP contribution is 2.54. The zero-order valence-corrected chi connectivity index (χ0v) is 13.4. The van der Waals surface area contributed by atoms with Crippen LogP contribution in [-0.4, -0.2) is 0 Å². The van der Waals surface area contributed by atoms with E-state index in [4.69, 9.17) is 0 Å². The minimum Gasteiger partial charge on any atom is -0.0795 e. The molecule has 0 aromatic heterocycles. The summed E-state index contributed by atoms with van der Waals surface area (Å²) in [5.41, 5.74) is 5.96. The van der Waals surface area contributed by atoms with Crippen LogP contribution in [0.2, 0.25) is 0 Å². The third kappa shape index (κ3) is 1.47. The highest BCUT2D eigenvalue weighted by atomic mass is 79.9. The number of hydrogen-bond acceptors (Lipinski definition) is 0. The third-order valence-electron chi connectivity index (χ3n) is 4.76. The standard InChI is InChI=1S/C19H17Br/c1-19(2)15-10-6-5-9-14(15)17-16(19)11-12-7-3-4-8-13(12)18(17)20/h3-4,7-11H,5-6H2,1-2H3. The number of allylic oxidation sites excluding steroid dienone is 4. The van der Waals surface area contributed by atoms with Gasteiger partial charge < -0.3 is 0 Å². The summed E-state index contributed by atoms with van der Waals surface area (Å²) in [4.78, 5) is 0. The molecule has 1 heteroatoms. The fraction of sp³-hybridized carbons (Fsp3) is 0.263. The van der Waals surface area contributed by atoms with Crippen LogP contribution in [0.3, 0.4) is 0 Å². The lowest BCUT2D eigenvalue weighted by Crippen LogP contribution is -2.15. The maximum atomic E-state index is 3.88. The smallest absolute Gasteiger partial charge is 0.0335 e. The lowest BCUT2D eigenvalue weighted by molar-refractivity contribution is 0.655. The van der Waals surface area contributed by atoms with Crippen molar-refractivity contribution in [3.05, 3.63) is 63.7 Å². The fourth-order valence-corrected chi connectivity index (χ4v) is 4.50. The summed E-state index contributed by atoms with van der Waals surface area (Å²) in [5.74, 6) is 0. The highest BCUT2D eigenvalue weighted by Gasteiger charge is 2.40. The summed E-state index contributed by atoms with van der Waals surface area (Å²) in [6.07, 6.45) is 7.19. The van der Waals surface area contributed by atoms with Gasteiger partial charge in [0.25, 0.3) is 0 Å². The quantitative estimate of drug-likeness (QED) is 0.557. The molecule has 0 saturated heterocycles. The Bertz CT molecular complexity index is 791. The second kappa shape index (κ2) is 4.08. The molecule has 4 rings (SSSR count). The largest absolute Gasteiger partial charge is 0.0795 e. The van der Waals surface area contributed by atoms with Crippen LogP contribution in [0.4, 0.5) is 0 Å². The number of fused-ring (bicyclic) bond motifs is 4. The van der Waals surface area contributed by atoms with Crippen LogP contribution in [0.1, 0.15) is 37.8 Å². The summed E-state index contributed by atoms with van der Waals surface area (Å²) in [5, 5.41) is 2.64. The van der Waals surface area contributed by atoms with E-state index in [-0.39, 0.29) is 5.41 Å². The summed E-state index contributed by atoms with van der Waals surface area (Å²) >= 11 is 3.88. The molecule has 0 atom stereocenters. The van der Waals surface area contributed by atoms with E-state index in [1.807, 2.05) is 0 Å². The Balaban J connectivity index is 2.16. The van der Waals surface area contributed by atoms with E-state index >= 15 is 0 Å². The Hall–Kier alpha value is -1.34. The molecule has 0 heterocycles. The van der Waals surface area contributed by atoms with E-state index in [0.29, 0.717) is 0 Å². The van der Waals surface area contributed by atoms with Gasteiger partial charge in [0, 0.05) is 15.5 Å². The van der Waals surface area contributed by atoms with Crippen LogP contribution in [0.15, 0.2) is 52.5 Å². The first-order valence-electron chi connectivity index (χ1n) is 7.24. The van der Waals surface area contributed by atoms with Crippen molar-refractivity contribution < 1.29 is 0 Å². The van der Waals surface area contributed by atoms with Gasteiger partial charge >= 0.3 is 0 Å². The van der Waals surface area contributed by atoms with Crippen LogP contribution in [0.5, 0.6) is 0 Å². The van der Waals surface area contributed by atoms with E-state index in [0.717, 1.165) is 6.42 Å². The molecule has 0 N–H and O–H groups in total. The molecule has 20 heavy (non-hydrogen) atoms. The highest BCUT2D eigenvalue weighted by molar-refractivity contribution is 9.10. The lowest BCUT2D eigenvalue weighted by Gasteiger charge is -2.23. The first kappa shape index (κ1) is 12.4. The molecule has 0 bridgehead atoms. The van der Waals surface area contributed by atoms with Crippen LogP contribution in [0.25, 0.3) is 16.3 Å². The molecule has 0 amide bonds. The molecule has 0 radical (unpaired) electrons. The van der Waals surface area contributed by atoms with E-state index in [1.165, 1.54) is 43.9 Å². The van der Waals surface area contributed by atoms with Gasteiger partial charge in [0.05, 0.1) is 0 Å². The molecule has 0 saturated carbocycles. The van der Waals surface area contributed by atoms with Crippen molar-refractivity contribution in [3.63, 3.8) is 0 Å². The SMILES string of the molecule is CC1(C)C2=CCCC=C2c2c1cc1ccccc1c2Br. The van der Waals surface area contributed by atoms with Crippen molar-refractivity contribution in [1.82, 2.24) is 0 Å². The molecule has 0 nitrogen and oxygen atoms in total.